The number of carbonyl (C=O) groups excluding carboxylic acids is 1. The van der Waals surface area contributed by atoms with Gasteiger partial charge in [-0.1, -0.05) is 30.1 Å². The fourth-order valence-corrected chi connectivity index (χ4v) is 2.79. The van der Waals surface area contributed by atoms with Crippen LogP contribution in [0.2, 0.25) is 8.67 Å². The monoisotopic (exact) mass is 309 g/mol. The van der Waals surface area contributed by atoms with Crippen molar-refractivity contribution in [2.75, 3.05) is 6.54 Å². The Labute approximate surface area is 119 Å². The predicted octanol–water partition coefficient (Wildman–Crippen LogP) is 3.29. The maximum absolute atomic E-state index is 11.8. The Morgan fingerprint density at radius 2 is 2.17 bits per heavy atom. The van der Waals surface area contributed by atoms with Gasteiger partial charge < -0.3 is 10.4 Å². The number of halogens is 2. The standard InChI is InChI=1S/C11H13Cl2NO3S/c1-6(2-3-9(15)16)5-14-11(17)7-4-8(12)18-10(7)13/h4,6H,2-3,5H2,1H3,(H,14,17)(H,15,16). The number of carboxylic acids is 1. The summed E-state index contributed by atoms with van der Waals surface area (Å²) < 4.78 is 0.819. The van der Waals surface area contributed by atoms with Crippen LogP contribution in [-0.2, 0) is 4.79 Å². The molecular weight excluding hydrogens is 297 g/mol. The number of hydrogen-bond acceptors (Lipinski definition) is 3. The molecule has 0 aliphatic carbocycles. The zero-order chi connectivity index (χ0) is 13.7. The highest BCUT2D eigenvalue weighted by Gasteiger charge is 2.15. The third-order valence-corrected chi connectivity index (χ3v) is 3.85. The zero-order valence-corrected chi connectivity index (χ0v) is 12.0. The lowest BCUT2D eigenvalue weighted by atomic mass is 10.1. The molecule has 0 saturated heterocycles. The highest BCUT2D eigenvalue weighted by Crippen LogP contribution is 2.30. The summed E-state index contributed by atoms with van der Waals surface area (Å²) in [7, 11) is 0. The average molecular weight is 310 g/mol. The molecule has 2 N–H and O–H groups in total. The number of rotatable bonds is 6. The molecule has 0 bridgehead atoms. The molecule has 1 amide bonds. The van der Waals surface area contributed by atoms with E-state index in [1.807, 2.05) is 6.92 Å². The summed E-state index contributed by atoms with van der Waals surface area (Å²) >= 11 is 12.7. The maximum atomic E-state index is 11.8. The first-order chi connectivity index (χ1) is 8.40. The molecule has 18 heavy (non-hydrogen) atoms. The lowest BCUT2D eigenvalue weighted by Crippen LogP contribution is -2.28. The third kappa shape index (κ3) is 4.84. The van der Waals surface area contributed by atoms with Crippen LogP contribution in [0.1, 0.15) is 30.1 Å². The molecule has 1 atom stereocenters. The van der Waals surface area contributed by atoms with Crippen molar-refractivity contribution in [1.29, 1.82) is 0 Å². The van der Waals surface area contributed by atoms with Crippen molar-refractivity contribution in [2.24, 2.45) is 5.92 Å². The van der Waals surface area contributed by atoms with Gasteiger partial charge >= 0.3 is 5.97 Å². The van der Waals surface area contributed by atoms with Crippen molar-refractivity contribution in [3.05, 3.63) is 20.3 Å². The summed E-state index contributed by atoms with van der Waals surface area (Å²) in [5, 5.41) is 11.2. The SMILES string of the molecule is CC(CCC(=O)O)CNC(=O)c1cc(Cl)sc1Cl. The van der Waals surface area contributed by atoms with Gasteiger partial charge in [-0.3, -0.25) is 9.59 Å². The van der Waals surface area contributed by atoms with Crippen molar-refractivity contribution in [2.45, 2.75) is 19.8 Å². The second-order valence-corrected chi connectivity index (χ2v) is 6.27. The Balaban J connectivity index is 2.41. The minimum absolute atomic E-state index is 0.0953. The van der Waals surface area contributed by atoms with E-state index in [-0.39, 0.29) is 18.2 Å². The quantitative estimate of drug-likeness (QED) is 0.847. The molecule has 1 rings (SSSR count). The van der Waals surface area contributed by atoms with Crippen molar-refractivity contribution < 1.29 is 14.7 Å². The molecule has 0 aliphatic heterocycles. The van der Waals surface area contributed by atoms with Crippen LogP contribution < -0.4 is 5.32 Å². The van der Waals surface area contributed by atoms with Gasteiger partial charge in [-0.25, -0.2) is 0 Å². The second kappa shape index (κ2) is 6.97. The molecule has 0 saturated carbocycles. The zero-order valence-electron chi connectivity index (χ0n) is 9.70. The summed E-state index contributed by atoms with van der Waals surface area (Å²) in [4.78, 5) is 22.2. The summed E-state index contributed by atoms with van der Waals surface area (Å²) in [5.41, 5.74) is 0.358. The van der Waals surface area contributed by atoms with Crippen LogP contribution in [0.5, 0.6) is 0 Å². The molecule has 0 spiro atoms. The van der Waals surface area contributed by atoms with Crippen LogP contribution >= 0.6 is 34.5 Å². The van der Waals surface area contributed by atoms with E-state index in [9.17, 15) is 9.59 Å². The number of aliphatic carboxylic acids is 1. The molecule has 1 heterocycles. The molecule has 4 nitrogen and oxygen atoms in total. The van der Waals surface area contributed by atoms with Crippen LogP contribution in [0.4, 0.5) is 0 Å². The molecule has 1 aromatic heterocycles. The predicted molar refractivity (Wildman–Crippen MR) is 72.7 cm³/mol. The fraction of sp³-hybridized carbons (Fsp3) is 0.455. The van der Waals surface area contributed by atoms with E-state index >= 15 is 0 Å². The number of nitrogens with one attached hydrogen (secondary N) is 1. The Hall–Kier alpha value is -0.780. The number of carboxylic acid groups (broad SMARTS) is 1. The minimum atomic E-state index is -0.833. The Bertz CT molecular complexity index is 447. The first-order valence-corrected chi connectivity index (χ1v) is 6.92. The van der Waals surface area contributed by atoms with Gasteiger partial charge in [0.25, 0.3) is 5.91 Å². The van der Waals surface area contributed by atoms with Gasteiger partial charge in [-0.2, -0.15) is 0 Å². The van der Waals surface area contributed by atoms with Gasteiger partial charge in [0.1, 0.15) is 4.34 Å². The molecule has 0 fully saturated rings. The molecule has 0 radical (unpaired) electrons. The summed E-state index contributed by atoms with van der Waals surface area (Å²) in [6, 6.07) is 1.52. The van der Waals surface area contributed by atoms with E-state index in [2.05, 4.69) is 5.32 Å². The Kier molecular flexibility index (Phi) is 5.91. The molecule has 0 aromatic carbocycles. The molecule has 1 unspecified atom stereocenters. The summed E-state index contributed by atoms with van der Waals surface area (Å²) in [6.07, 6.45) is 0.621. The lowest BCUT2D eigenvalue weighted by molar-refractivity contribution is -0.137. The highest BCUT2D eigenvalue weighted by molar-refractivity contribution is 7.20. The van der Waals surface area contributed by atoms with Crippen molar-refractivity contribution in [3.63, 3.8) is 0 Å². The first-order valence-electron chi connectivity index (χ1n) is 5.35. The van der Waals surface area contributed by atoms with Crippen LogP contribution in [0.15, 0.2) is 6.07 Å². The fourth-order valence-electron chi connectivity index (χ4n) is 1.33. The van der Waals surface area contributed by atoms with E-state index in [1.165, 1.54) is 6.07 Å². The van der Waals surface area contributed by atoms with E-state index in [4.69, 9.17) is 28.3 Å². The van der Waals surface area contributed by atoms with E-state index in [0.29, 0.717) is 27.2 Å². The smallest absolute Gasteiger partial charge is 0.303 e. The number of hydrogen-bond donors (Lipinski definition) is 2. The molecule has 7 heteroatoms. The van der Waals surface area contributed by atoms with Crippen LogP contribution in [0, 0.1) is 5.92 Å². The molecular formula is C11H13Cl2NO3S. The number of thiophene rings is 1. The summed E-state index contributed by atoms with van der Waals surface area (Å²) in [6.45, 7) is 2.29. The third-order valence-electron chi connectivity index (χ3n) is 2.36. The van der Waals surface area contributed by atoms with Gasteiger partial charge in [0, 0.05) is 13.0 Å². The van der Waals surface area contributed by atoms with Crippen LogP contribution in [-0.4, -0.2) is 23.5 Å². The molecule has 0 aliphatic rings. The van der Waals surface area contributed by atoms with Gasteiger partial charge in [-0.15, -0.1) is 11.3 Å². The van der Waals surface area contributed by atoms with E-state index in [0.717, 1.165) is 11.3 Å². The van der Waals surface area contributed by atoms with Crippen LogP contribution in [0.3, 0.4) is 0 Å². The molecule has 1 aromatic rings. The molecule has 100 valence electrons. The second-order valence-electron chi connectivity index (χ2n) is 3.99. The Morgan fingerprint density at radius 1 is 1.50 bits per heavy atom. The Morgan fingerprint density at radius 3 is 2.67 bits per heavy atom. The minimum Gasteiger partial charge on any atom is -0.481 e. The highest BCUT2D eigenvalue weighted by atomic mass is 35.5. The van der Waals surface area contributed by atoms with Gasteiger partial charge in [0.05, 0.1) is 9.90 Å². The van der Waals surface area contributed by atoms with E-state index in [1.54, 1.807) is 0 Å². The average Bonchev–Trinajstić information content (AvgIpc) is 2.62. The maximum Gasteiger partial charge on any atom is 0.303 e. The van der Waals surface area contributed by atoms with E-state index < -0.39 is 5.97 Å². The normalized spacial score (nSPS) is 12.2. The summed E-state index contributed by atoms with van der Waals surface area (Å²) in [5.74, 6) is -1.02. The van der Waals surface area contributed by atoms with Gasteiger partial charge in [0.2, 0.25) is 0 Å². The van der Waals surface area contributed by atoms with Gasteiger partial charge in [0.15, 0.2) is 0 Å². The first kappa shape index (κ1) is 15.3. The number of carbonyl (C=O) groups is 2. The van der Waals surface area contributed by atoms with Crippen LogP contribution in [0.25, 0.3) is 0 Å². The van der Waals surface area contributed by atoms with Crippen molar-refractivity contribution >= 4 is 46.4 Å². The number of amides is 1. The van der Waals surface area contributed by atoms with Crippen molar-refractivity contribution in [3.8, 4) is 0 Å². The van der Waals surface area contributed by atoms with Gasteiger partial charge in [-0.05, 0) is 18.4 Å². The lowest BCUT2D eigenvalue weighted by Gasteiger charge is -2.11. The topological polar surface area (TPSA) is 66.4 Å². The van der Waals surface area contributed by atoms with Crippen molar-refractivity contribution in [1.82, 2.24) is 5.32 Å². The largest absolute Gasteiger partial charge is 0.481 e.